The van der Waals surface area contributed by atoms with Crippen molar-refractivity contribution in [2.45, 2.75) is 0 Å². The summed E-state index contributed by atoms with van der Waals surface area (Å²) < 4.78 is 1.33. The number of aromatic hydroxyl groups is 2. The van der Waals surface area contributed by atoms with Crippen LogP contribution in [0.2, 0.25) is 0 Å². The third kappa shape index (κ3) is 1.74. The SMILES string of the molecule is O=C(O)c1nc(-c2cccc(O)c2)n2c(O)cccc12. The highest BCUT2D eigenvalue weighted by molar-refractivity contribution is 5.95. The number of imidazole rings is 1. The first-order valence-corrected chi connectivity index (χ1v) is 5.81. The van der Waals surface area contributed by atoms with Crippen molar-refractivity contribution in [3.8, 4) is 23.0 Å². The van der Waals surface area contributed by atoms with Crippen molar-refractivity contribution in [3.05, 3.63) is 48.2 Å². The van der Waals surface area contributed by atoms with Crippen molar-refractivity contribution < 1.29 is 20.1 Å². The van der Waals surface area contributed by atoms with Gasteiger partial charge in [-0.1, -0.05) is 18.2 Å². The van der Waals surface area contributed by atoms with E-state index in [1.54, 1.807) is 24.3 Å². The van der Waals surface area contributed by atoms with Crippen molar-refractivity contribution >= 4 is 11.5 Å². The molecule has 2 aromatic heterocycles. The maximum Gasteiger partial charge on any atom is 0.356 e. The number of carbonyl (C=O) groups is 1. The van der Waals surface area contributed by atoms with Gasteiger partial charge in [0.15, 0.2) is 11.6 Å². The molecule has 0 aliphatic heterocycles. The van der Waals surface area contributed by atoms with Gasteiger partial charge in [0.25, 0.3) is 0 Å². The average Bonchev–Trinajstić information content (AvgIpc) is 2.80. The standard InChI is InChI=1S/C14H10N2O4/c17-9-4-1-3-8(7-9)13-15-12(14(19)20)10-5-2-6-11(18)16(10)13/h1-7,17-18H,(H,19,20). The second-order valence-electron chi connectivity index (χ2n) is 4.24. The van der Waals surface area contributed by atoms with Crippen LogP contribution >= 0.6 is 0 Å². The molecule has 100 valence electrons. The van der Waals surface area contributed by atoms with Crippen LogP contribution in [0.4, 0.5) is 0 Å². The summed E-state index contributed by atoms with van der Waals surface area (Å²) in [7, 11) is 0. The van der Waals surface area contributed by atoms with Crippen molar-refractivity contribution in [1.82, 2.24) is 9.38 Å². The molecule has 3 N–H and O–H groups in total. The van der Waals surface area contributed by atoms with Gasteiger partial charge in [-0.05, 0) is 24.3 Å². The number of phenolic OH excluding ortho intramolecular Hbond substituents is 1. The van der Waals surface area contributed by atoms with Gasteiger partial charge in [-0.25, -0.2) is 9.78 Å². The fraction of sp³-hybridized carbons (Fsp3) is 0. The van der Waals surface area contributed by atoms with E-state index in [-0.39, 0.29) is 28.7 Å². The van der Waals surface area contributed by atoms with E-state index in [1.807, 2.05) is 0 Å². The lowest BCUT2D eigenvalue weighted by molar-refractivity contribution is 0.0693. The number of fused-ring (bicyclic) bond motifs is 1. The topological polar surface area (TPSA) is 95.1 Å². The van der Waals surface area contributed by atoms with Crippen LogP contribution in [-0.4, -0.2) is 30.7 Å². The lowest BCUT2D eigenvalue weighted by Crippen LogP contribution is -1.97. The highest BCUT2D eigenvalue weighted by Gasteiger charge is 2.19. The Labute approximate surface area is 113 Å². The molecule has 20 heavy (non-hydrogen) atoms. The van der Waals surface area contributed by atoms with Crippen LogP contribution < -0.4 is 0 Å². The lowest BCUT2D eigenvalue weighted by atomic mass is 10.2. The van der Waals surface area contributed by atoms with Crippen LogP contribution in [0, 0.1) is 0 Å². The Hall–Kier alpha value is -3.02. The van der Waals surface area contributed by atoms with Crippen LogP contribution in [-0.2, 0) is 0 Å². The first kappa shape index (κ1) is 12.0. The molecule has 0 amide bonds. The zero-order valence-electron chi connectivity index (χ0n) is 10.2. The second-order valence-corrected chi connectivity index (χ2v) is 4.24. The number of phenols is 1. The van der Waals surface area contributed by atoms with Crippen LogP contribution in [0.1, 0.15) is 10.5 Å². The molecule has 3 aromatic rings. The van der Waals surface area contributed by atoms with Crippen LogP contribution in [0.3, 0.4) is 0 Å². The molecular formula is C14H10N2O4. The zero-order chi connectivity index (χ0) is 14.3. The van der Waals surface area contributed by atoms with E-state index in [2.05, 4.69) is 4.98 Å². The predicted octanol–water partition coefficient (Wildman–Crippen LogP) is 2.11. The van der Waals surface area contributed by atoms with E-state index >= 15 is 0 Å². The predicted molar refractivity (Wildman–Crippen MR) is 70.9 cm³/mol. The fourth-order valence-corrected chi connectivity index (χ4v) is 2.11. The summed E-state index contributed by atoms with van der Waals surface area (Å²) >= 11 is 0. The maximum atomic E-state index is 11.2. The summed E-state index contributed by atoms with van der Waals surface area (Å²) in [6.07, 6.45) is 0. The molecule has 0 radical (unpaired) electrons. The highest BCUT2D eigenvalue weighted by atomic mass is 16.4. The van der Waals surface area contributed by atoms with Gasteiger partial charge >= 0.3 is 5.97 Å². The maximum absolute atomic E-state index is 11.2. The van der Waals surface area contributed by atoms with Crippen molar-refractivity contribution in [1.29, 1.82) is 0 Å². The number of aromatic nitrogens is 2. The molecular weight excluding hydrogens is 260 g/mol. The summed E-state index contributed by atoms with van der Waals surface area (Å²) in [5.41, 5.74) is 0.643. The van der Waals surface area contributed by atoms with Gasteiger partial charge in [0.1, 0.15) is 11.6 Å². The molecule has 2 heterocycles. The van der Waals surface area contributed by atoms with Gasteiger partial charge in [0, 0.05) is 5.56 Å². The molecule has 0 aliphatic carbocycles. The Morgan fingerprint density at radius 2 is 1.85 bits per heavy atom. The number of pyridine rings is 1. The molecule has 0 atom stereocenters. The summed E-state index contributed by atoms with van der Waals surface area (Å²) in [6.45, 7) is 0. The van der Waals surface area contributed by atoms with E-state index in [0.717, 1.165) is 0 Å². The smallest absolute Gasteiger partial charge is 0.356 e. The molecule has 0 saturated carbocycles. The Bertz CT molecular complexity index is 823. The number of carboxylic acids is 1. The molecule has 0 fully saturated rings. The van der Waals surface area contributed by atoms with E-state index in [1.165, 1.54) is 22.6 Å². The van der Waals surface area contributed by atoms with E-state index < -0.39 is 5.97 Å². The van der Waals surface area contributed by atoms with E-state index in [4.69, 9.17) is 0 Å². The quantitative estimate of drug-likeness (QED) is 0.663. The summed E-state index contributed by atoms with van der Waals surface area (Å²) in [4.78, 5) is 15.3. The second kappa shape index (κ2) is 4.27. The van der Waals surface area contributed by atoms with Crippen molar-refractivity contribution in [3.63, 3.8) is 0 Å². The first-order chi connectivity index (χ1) is 9.58. The van der Waals surface area contributed by atoms with Gasteiger partial charge in [0.05, 0.1) is 5.52 Å². The van der Waals surface area contributed by atoms with Crippen molar-refractivity contribution in [2.24, 2.45) is 0 Å². The minimum Gasteiger partial charge on any atom is -0.508 e. The van der Waals surface area contributed by atoms with Crippen LogP contribution in [0.5, 0.6) is 11.6 Å². The Balaban J connectivity index is 2.39. The number of carboxylic acid groups (broad SMARTS) is 1. The molecule has 3 rings (SSSR count). The average molecular weight is 270 g/mol. The summed E-state index contributed by atoms with van der Waals surface area (Å²) in [5.74, 6) is -1.02. The number of nitrogens with zero attached hydrogens (tertiary/aromatic N) is 2. The van der Waals surface area contributed by atoms with Gasteiger partial charge in [-0.2, -0.15) is 0 Å². The molecule has 0 unspecified atom stereocenters. The number of aromatic carboxylic acids is 1. The number of hydrogen-bond acceptors (Lipinski definition) is 4. The molecule has 6 nitrogen and oxygen atoms in total. The third-order valence-electron chi connectivity index (χ3n) is 2.95. The number of benzene rings is 1. The normalized spacial score (nSPS) is 10.8. The lowest BCUT2D eigenvalue weighted by Gasteiger charge is -2.04. The Morgan fingerprint density at radius 1 is 1.10 bits per heavy atom. The minimum atomic E-state index is -1.18. The molecule has 0 saturated heterocycles. The van der Waals surface area contributed by atoms with Crippen LogP contribution in [0.15, 0.2) is 42.5 Å². The molecule has 0 aliphatic rings. The third-order valence-corrected chi connectivity index (χ3v) is 2.95. The summed E-state index contributed by atoms with van der Waals surface area (Å²) in [5, 5.41) is 28.6. The summed E-state index contributed by atoms with van der Waals surface area (Å²) in [6, 6.07) is 10.8. The Kier molecular flexibility index (Phi) is 2.57. The number of hydrogen-bond donors (Lipinski definition) is 3. The van der Waals surface area contributed by atoms with Crippen molar-refractivity contribution in [2.75, 3.05) is 0 Å². The van der Waals surface area contributed by atoms with Gasteiger partial charge in [-0.15, -0.1) is 0 Å². The van der Waals surface area contributed by atoms with E-state index in [0.29, 0.717) is 5.56 Å². The monoisotopic (exact) mass is 270 g/mol. The molecule has 6 heteroatoms. The minimum absolute atomic E-state index is 0.0338. The number of rotatable bonds is 2. The van der Waals surface area contributed by atoms with Crippen LogP contribution in [0.25, 0.3) is 16.9 Å². The molecule has 1 aromatic carbocycles. The molecule has 0 spiro atoms. The highest BCUT2D eigenvalue weighted by Crippen LogP contribution is 2.28. The molecule has 0 bridgehead atoms. The van der Waals surface area contributed by atoms with Gasteiger partial charge in [0.2, 0.25) is 0 Å². The van der Waals surface area contributed by atoms with Gasteiger partial charge in [-0.3, -0.25) is 4.40 Å². The zero-order valence-corrected chi connectivity index (χ0v) is 10.2. The largest absolute Gasteiger partial charge is 0.508 e. The van der Waals surface area contributed by atoms with E-state index in [9.17, 15) is 20.1 Å². The Morgan fingerprint density at radius 3 is 2.55 bits per heavy atom. The van der Waals surface area contributed by atoms with Gasteiger partial charge < -0.3 is 15.3 Å². The first-order valence-electron chi connectivity index (χ1n) is 5.81. The fourth-order valence-electron chi connectivity index (χ4n) is 2.11.